The van der Waals surface area contributed by atoms with E-state index in [2.05, 4.69) is 4.72 Å². The number of hydrogen-bond donors (Lipinski definition) is 2. The molecule has 1 aromatic carbocycles. The number of carbonyl (C=O) groups is 2. The van der Waals surface area contributed by atoms with Gasteiger partial charge >= 0.3 is 5.97 Å². The average molecular weight is 396 g/mol. The van der Waals surface area contributed by atoms with E-state index in [1.54, 1.807) is 29.2 Å². The van der Waals surface area contributed by atoms with Crippen LogP contribution in [0.3, 0.4) is 0 Å². The fourth-order valence-corrected chi connectivity index (χ4v) is 4.30. The zero-order chi connectivity index (χ0) is 19.4. The molecule has 1 heterocycles. The monoisotopic (exact) mass is 396 g/mol. The summed E-state index contributed by atoms with van der Waals surface area (Å²) in [6.45, 7) is 1.08. The lowest BCUT2D eigenvalue weighted by Gasteiger charge is -2.32. The van der Waals surface area contributed by atoms with Crippen LogP contribution in [0.1, 0.15) is 31.2 Å². The van der Waals surface area contributed by atoms with Gasteiger partial charge in [-0.1, -0.05) is 12.1 Å². The first-order chi connectivity index (χ1) is 12.8. The molecular weight excluding hydrogens is 372 g/mol. The molecule has 1 atom stereocenters. The summed E-state index contributed by atoms with van der Waals surface area (Å²) in [6, 6.07) is 6.62. The van der Waals surface area contributed by atoms with Crippen LogP contribution in [-0.2, 0) is 30.8 Å². The molecule has 0 radical (unpaired) electrons. The molecule has 1 aliphatic carbocycles. The summed E-state index contributed by atoms with van der Waals surface area (Å²) in [5.74, 6) is -0.999. The lowest BCUT2D eigenvalue weighted by atomic mass is 10.1. The molecule has 0 spiro atoms. The number of morpholine rings is 1. The van der Waals surface area contributed by atoms with Gasteiger partial charge in [0.2, 0.25) is 15.9 Å². The molecule has 3 rings (SSSR count). The van der Waals surface area contributed by atoms with Crippen molar-refractivity contribution in [3.05, 3.63) is 29.8 Å². The lowest BCUT2D eigenvalue weighted by Crippen LogP contribution is -2.46. The summed E-state index contributed by atoms with van der Waals surface area (Å²) in [4.78, 5) is 25.0. The van der Waals surface area contributed by atoms with Crippen LogP contribution in [0.2, 0.25) is 0 Å². The molecule has 0 bridgehead atoms. The average Bonchev–Trinajstić information content (AvgIpc) is 3.43. The van der Waals surface area contributed by atoms with E-state index in [0.29, 0.717) is 19.6 Å². The van der Waals surface area contributed by atoms with E-state index in [1.165, 1.54) is 0 Å². The molecule has 9 heteroatoms. The third-order valence-electron chi connectivity index (χ3n) is 4.65. The van der Waals surface area contributed by atoms with Crippen molar-refractivity contribution < 1.29 is 27.9 Å². The van der Waals surface area contributed by atoms with Crippen LogP contribution in [0.25, 0.3) is 0 Å². The minimum Gasteiger partial charge on any atom is -0.481 e. The van der Waals surface area contributed by atoms with Crippen molar-refractivity contribution in [3.63, 3.8) is 0 Å². The van der Waals surface area contributed by atoms with Gasteiger partial charge in [0.15, 0.2) is 0 Å². The first kappa shape index (κ1) is 19.8. The molecule has 2 N–H and O–H groups in total. The van der Waals surface area contributed by atoms with Crippen molar-refractivity contribution in [1.29, 1.82) is 0 Å². The number of benzene rings is 1. The van der Waals surface area contributed by atoms with Crippen molar-refractivity contribution in [2.75, 3.05) is 19.7 Å². The minimum absolute atomic E-state index is 0.0548. The smallest absolute Gasteiger partial charge is 0.306 e. The zero-order valence-electron chi connectivity index (χ0n) is 15.0. The quantitative estimate of drug-likeness (QED) is 0.671. The van der Waals surface area contributed by atoms with E-state index in [9.17, 15) is 18.0 Å². The third-order valence-corrected chi connectivity index (χ3v) is 6.19. The second-order valence-electron chi connectivity index (χ2n) is 6.97. The zero-order valence-corrected chi connectivity index (χ0v) is 15.8. The van der Waals surface area contributed by atoms with Gasteiger partial charge in [-0.2, -0.15) is 0 Å². The Kier molecular flexibility index (Phi) is 6.13. The number of carboxylic acid groups (broad SMARTS) is 1. The van der Waals surface area contributed by atoms with Crippen molar-refractivity contribution in [3.8, 4) is 0 Å². The number of sulfonamides is 1. The first-order valence-electron chi connectivity index (χ1n) is 9.06. The Morgan fingerprint density at radius 2 is 1.93 bits per heavy atom. The van der Waals surface area contributed by atoms with Crippen LogP contribution in [0.4, 0.5) is 0 Å². The van der Waals surface area contributed by atoms with Crippen molar-refractivity contribution in [2.45, 2.75) is 49.1 Å². The van der Waals surface area contributed by atoms with Crippen LogP contribution in [0.15, 0.2) is 29.2 Å². The first-order valence-corrected chi connectivity index (χ1v) is 10.5. The predicted octanol–water partition coefficient (Wildman–Crippen LogP) is 0.762. The number of hydrogen-bond acceptors (Lipinski definition) is 5. The Labute approximate surface area is 158 Å². The number of nitrogens with zero attached hydrogens (tertiary/aromatic N) is 1. The topological polar surface area (TPSA) is 113 Å². The highest BCUT2D eigenvalue weighted by molar-refractivity contribution is 7.89. The van der Waals surface area contributed by atoms with Crippen LogP contribution < -0.4 is 4.72 Å². The molecule has 1 unspecified atom stereocenters. The van der Waals surface area contributed by atoms with E-state index >= 15 is 0 Å². The fraction of sp³-hybridized carbons (Fsp3) is 0.556. The van der Waals surface area contributed by atoms with E-state index < -0.39 is 22.1 Å². The Balaban J connectivity index is 1.50. The second kappa shape index (κ2) is 8.37. The summed E-state index contributed by atoms with van der Waals surface area (Å²) in [6.07, 6.45) is 1.96. The number of amides is 1. The maximum Gasteiger partial charge on any atom is 0.306 e. The molecule has 1 saturated carbocycles. The Morgan fingerprint density at radius 1 is 1.22 bits per heavy atom. The van der Waals surface area contributed by atoms with Gasteiger partial charge in [-0.05, 0) is 37.0 Å². The molecule has 2 fully saturated rings. The fourth-order valence-electron chi connectivity index (χ4n) is 3.00. The summed E-state index contributed by atoms with van der Waals surface area (Å²) in [7, 11) is -3.47. The van der Waals surface area contributed by atoms with Crippen LogP contribution >= 0.6 is 0 Å². The summed E-state index contributed by atoms with van der Waals surface area (Å²) < 4.78 is 32.3. The molecule has 1 aliphatic heterocycles. The number of aryl methyl sites for hydroxylation is 1. The second-order valence-corrected chi connectivity index (χ2v) is 8.68. The minimum atomic E-state index is -3.47. The number of carboxylic acids is 1. The van der Waals surface area contributed by atoms with Crippen LogP contribution in [0, 0.1) is 0 Å². The van der Waals surface area contributed by atoms with Gasteiger partial charge in [0.05, 0.1) is 24.0 Å². The molecule has 148 valence electrons. The maximum absolute atomic E-state index is 12.4. The van der Waals surface area contributed by atoms with Crippen molar-refractivity contribution >= 4 is 21.9 Å². The van der Waals surface area contributed by atoms with Gasteiger partial charge in [0.25, 0.3) is 0 Å². The van der Waals surface area contributed by atoms with Gasteiger partial charge in [0.1, 0.15) is 0 Å². The van der Waals surface area contributed by atoms with Crippen LogP contribution in [0.5, 0.6) is 0 Å². The normalized spacial score (nSPS) is 20.4. The van der Waals surface area contributed by atoms with Gasteiger partial charge in [0, 0.05) is 25.6 Å². The van der Waals surface area contributed by atoms with Gasteiger partial charge in [-0.15, -0.1) is 0 Å². The number of aliphatic carboxylic acids is 1. The molecule has 0 aromatic heterocycles. The van der Waals surface area contributed by atoms with Gasteiger partial charge in [-0.25, -0.2) is 13.1 Å². The van der Waals surface area contributed by atoms with Gasteiger partial charge in [-0.3, -0.25) is 9.59 Å². The van der Waals surface area contributed by atoms with Crippen LogP contribution in [-0.4, -0.2) is 62.1 Å². The van der Waals surface area contributed by atoms with E-state index in [-0.39, 0.29) is 36.2 Å². The third kappa shape index (κ3) is 5.75. The Morgan fingerprint density at radius 3 is 2.56 bits per heavy atom. The lowest BCUT2D eigenvalue weighted by molar-refractivity contribution is -0.147. The molecule has 1 amide bonds. The maximum atomic E-state index is 12.4. The highest BCUT2D eigenvalue weighted by Gasteiger charge is 2.28. The number of rotatable bonds is 8. The Bertz CT molecular complexity index is 789. The predicted molar refractivity (Wildman–Crippen MR) is 96.7 cm³/mol. The van der Waals surface area contributed by atoms with E-state index in [4.69, 9.17) is 9.84 Å². The summed E-state index contributed by atoms with van der Waals surface area (Å²) >= 11 is 0. The van der Waals surface area contributed by atoms with E-state index in [1.807, 2.05) is 0 Å². The molecule has 2 aliphatic rings. The standard InChI is InChI=1S/C18H24N2O6S/c21-17(20-9-10-26-15(12-20)11-18(22)23)8-3-13-1-6-16(7-2-13)27(24,25)19-14-4-5-14/h1-2,6-7,14-15,19H,3-5,8-12H2,(H,22,23). The Hall–Kier alpha value is -1.97. The molecule has 1 aromatic rings. The highest BCUT2D eigenvalue weighted by Crippen LogP contribution is 2.22. The number of carbonyl (C=O) groups excluding carboxylic acids is 1. The van der Waals surface area contributed by atoms with Crippen molar-refractivity contribution in [1.82, 2.24) is 9.62 Å². The largest absolute Gasteiger partial charge is 0.481 e. The number of ether oxygens (including phenoxy) is 1. The number of nitrogens with one attached hydrogen (secondary N) is 1. The van der Waals surface area contributed by atoms with Crippen molar-refractivity contribution in [2.24, 2.45) is 0 Å². The molecule has 1 saturated heterocycles. The molecular formula is C18H24N2O6S. The van der Waals surface area contributed by atoms with Gasteiger partial charge < -0.3 is 14.7 Å². The molecule has 8 nitrogen and oxygen atoms in total. The SMILES string of the molecule is O=C(O)CC1CN(C(=O)CCc2ccc(S(=O)(=O)NC3CC3)cc2)CCO1. The summed E-state index contributed by atoms with van der Waals surface area (Å²) in [5, 5.41) is 8.84. The molecule has 27 heavy (non-hydrogen) atoms. The highest BCUT2D eigenvalue weighted by atomic mass is 32.2. The van der Waals surface area contributed by atoms with E-state index in [0.717, 1.165) is 18.4 Å². The summed E-state index contributed by atoms with van der Waals surface area (Å²) in [5.41, 5.74) is 0.879.